The number of imidazole rings is 1. The molecule has 0 aliphatic carbocycles. The Morgan fingerprint density at radius 2 is 1.84 bits per heavy atom. The second kappa shape index (κ2) is 5.63. The molecule has 2 bridgehead atoms. The molecule has 1 saturated heterocycles. The van der Waals surface area contributed by atoms with Gasteiger partial charge in [0.2, 0.25) is 0 Å². The van der Waals surface area contributed by atoms with Crippen LogP contribution in [0.4, 0.5) is 4.39 Å². The fourth-order valence-corrected chi connectivity index (χ4v) is 5.70. The molecule has 1 fully saturated rings. The third-order valence-corrected chi connectivity index (χ3v) is 7.24. The van der Waals surface area contributed by atoms with Crippen molar-refractivity contribution >= 4 is 27.6 Å². The van der Waals surface area contributed by atoms with Gasteiger partial charge < -0.3 is 4.74 Å². The Morgan fingerprint density at radius 1 is 1.10 bits per heavy atom. The number of benzene rings is 2. The summed E-state index contributed by atoms with van der Waals surface area (Å²) in [4.78, 5) is 9.87. The summed E-state index contributed by atoms with van der Waals surface area (Å²) in [7, 11) is 0. The van der Waals surface area contributed by atoms with Crippen LogP contribution < -0.4 is 0 Å². The minimum Gasteiger partial charge on any atom is -0.362 e. The molecule has 2 aliphatic rings. The van der Waals surface area contributed by atoms with Gasteiger partial charge in [-0.05, 0) is 42.0 Å². The summed E-state index contributed by atoms with van der Waals surface area (Å²) in [6, 6.07) is 10.1. The number of hydrogen-bond donors (Lipinski definition) is 0. The first kappa shape index (κ1) is 19.2. The van der Waals surface area contributed by atoms with E-state index in [1.54, 1.807) is 0 Å². The summed E-state index contributed by atoms with van der Waals surface area (Å²) in [5, 5.41) is 0.941. The lowest BCUT2D eigenvalue weighted by Crippen LogP contribution is -2.38. The van der Waals surface area contributed by atoms with Crippen LogP contribution in [0.25, 0.3) is 27.6 Å². The monoisotopic (exact) mass is 417 g/mol. The second-order valence-electron chi connectivity index (χ2n) is 11.2. The van der Waals surface area contributed by atoms with E-state index in [1.807, 2.05) is 24.3 Å². The van der Waals surface area contributed by atoms with Crippen LogP contribution in [0.1, 0.15) is 77.4 Å². The molecule has 4 nitrogen and oxygen atoms in total. The predicted molar refractivity (Wildman–Crippen MR) is 121 cm³/mol. The van der Waals surface area contributed by atoms with Crippen LogP contribution in [0.15, 0.2) is 30.3 Å². The first-order valence-corrected chi connectivity index (χ1v) is 11.1. The highest BCUT2D eigenvalue weighted by Crippen LogP contribution is 2.63. The molecule has 6 rings (SSSR count). The van der Waals surface area contributed by atoms with Gasteiger partial charge in [-0.1, -0.05) is 53.7 Å². The number of para-hydroxylation sites is 1. The molecule has 5 heteroatoms. The fraction of sp³-hybridized carbons (Fsp3) is 0.462. The minimum absolute atomic E-state index is 0.0508. The van der Waals surface area contributed by atoms with Gasteiger partial charge in [0.15, 0.2) is 5.82 Å². The molecular formula is C26H28FN3O. The Hall–Kier alpha value is -2.53. The zero-order valence-electron chi connectivity index (χ0n) is 19.0. The van der Waals surface area contributed by atoms with E-state index >= 15 is 4.39 Å². The molecule has 0 saturated carbocycles. The van der Waals surface area contributed by atoms with Crippen molar-refractivity contribution in [2.24, 2.45) is 5.41 Å². The van der Waals surface area contributed by atoms with Crippen molar-refractivity contribution in [3.63, 3.8) is 0 Å². The lowest BCUT2D eigenvalue weighted by Gasteiger charge is -2.39. The summed E-state index contributed by atoms with van der Waals surface area (Å²) in [5.41, 5.74) is 3.55. The topological polar surface area (TPSA) is 39.4 Å². The van der Waals surface area contributed by atoms with Crippen molar-refractivity contribution in [3.05, 3.63) is 53.1 Å². The first-order valence-electron chi connectivity index (χ1n) is 11.1. The average Bonchev–Trinajstić information content (AvgIpc) is 3.38. The van der Waals surface area contributed by atoms with Crippen LogP contribution in [0.5, 0.6) is 0 Å². The normalized spacial score (nSPS) is 23.4. The standard InChI is InChI=1S/C26H28FN3O/c1-24(2,3)23-28-16-10-8-7-9-14(16)22-29-21-17(30(22)23)13-15-18-11-12-26(31-18,25(4,5)6)19(15)20(21)27/h7-10,13,18H,11-12H2,1-6H3. The molecule has 2 aliphatic heterocycles. The highest BCUT2D eigenvalue weighted by atomic mass is 19.1. The van der Waals surface area contributed by atoms with Gasteiger partial charge in [0.25, 0.3) is 0 Å². The highest BCUT2D eigenvalue weighted by Gasteiger charge is 2.58. The van der Waals surface area contributed by atoms with Gasteiger partial charge in [-0.15, -0.1) is 0 Å². The molecule has 4 aromatic rings. The predicted octanol–water partition coefficient (Wildman–Crippen LogP) is 6.58. The number of hydrogen-bond acceptors (Lipinski definition) is 3. The van der Waals surface area contributed by atoms with Gasteiger partial charge in [-0.2, -0.15) is 0 Å². The first-order chi connectivity index (χ1) is 14.5. The summed E-state index contributed by atoms with van der Waals surface area (Å²) in [6.07, 6.45) is 1.73. The molecule has 2 unspecified atom stereocenters. The highest BCUT2D eigenvalue weighted by molar-refractivity contribution is 5.97. The van der Waals surface area contributed by atoms with Crippen LogP contribution in [0, 0.1) is 11.2 Å². The Labute approximate surface area is 181 Å². The second-order valence-corrected chi connectivity index (χ2v) is 11.2. The third kappa shape index (κ3) is 2.28. The van der Waals surface area contributed by atoms with E-state index in [4.69, 9.17) is 14.7 Å². The molecule has 0 radical (unpaired) electrons. The molecule has 2 atom stereocenters. The van der Waals surface area contributed by atoms with E-state index in [0.717, 1.165) is 51.9 Å². The molecule has 0 N–H and O–H groups in total. The van der Waals surface area contributed by atoms with Gasteiger partial charge >= 0.3 is 0 Å². The number of ether oxygens (including phenoxy) is 1. The smallest absolute Gasteiger partial charge is 0.157 e. The van der Waals surface area contributed by atoms with Gasteiger partial charge in [-0.3, -0.25) is 4.40 Å². The van der Waals surface area contributed by atoms with Crippen LogP contribution >= 0.6 is 0 Å². The van der Waals surface area contributed by atoms with Crippen molar-refractivity contribution < 1.29 is 9.13 Å². The van der Waals surface area contributed by atoms with Gasteiger partial charge in [0.05, 0.1) is 17.1 Å². The number of rotatable bonds is 0. The van der Waals surface area contributed by atoms with Gasteiger partial charge in [-0.25, -0.2) is 14.4 Å². The van der Waals surface area contributed by atoms with Crippen molar-refractivity contribution in [2.75, 3.05) is 0 Å². The zero-order chi connectivity index (χ0) is 21.9. The molecule has 4 heterocycles. The van der Waals surface area contributed by atoms with E-state index in [1.165, 1.54) is 0 Å². The van der Waals surface area contributed by atoms with E-state index < -0.39 is 5.60 Å². The number of aromatic nitrogens is 3. The van der Waals surface area contributed by atoms with Crippen LogP contribution in [-0.4, -0.2) is 14.4 Å². The van der Waals surface area contributed by atoms with Crippen LogP contribution in [0.3, 0.4) is 0 Å². The minimum atomic E-state index is -0.589. The molecular weight excluding hydrogens is 389 g/mol. The largest absolute Gasteiger partial charge is 0.362 e. The Bertz CT molecular complexity index is 1410. The Morgan fingerprint density at radius 3 is 2.55 bits per heavy atom. The summed E-state index contributed by atoms with van der Waals surface area (Å²) < 4.78 is 24.9. The lowest BCUT2D eigenvalue weighted by atomic mass is 9.67. The van der Waals surface area contributed by atoms with E-state index in [-0.39, 0.29) is 22.8 Å². The average molecular weight is 418 g/mol. The molecule has 160 valence electrons. The van der Waals surface area contributed by atoms with Crippen LogP contribution in [-0.2, 0) is 15.8 Å². The fourth-order valence-electron chi connectivity index (χ4n) is 5.70. The maximum atomic E-state index is 16.3. The van der Waals surface area contributed by atoms with E-state index in [2.05, 4.69) is 52.0 Å². The van der Waals surface area contributed by atoms with Crippen molar-refractivity contribution in [2.45, 2.75) is 71.5 Å². The number of halogens is 1. The Kier molecular flexibility index (Phi) is 3.48. The zero-order valence-corrected chi connectivity index (χ0v) is 19.0. The van der Waals surface area contributed by atoms with Crippen LogP contribution in [0.2, 0.25) is 0 Å². The molecule has 2 aromatic carbocycles. The quantitative estimate of drug-likeness (QED) is 0.324. The maximum absolute atomic E-state index is 16.3. The van der Waals surface area contributed by atoms with Gasteiger partial charge in [0, 0.05) is 16.4 Å². The summed E-state index contributed by atoms with van der Waals surface area (Å²) in [6.45, 7) is 12.9. The van der Waals surface area contributed by atoms with E-state index in [0.29, 0.717) is 5.52 Å². The van der Waals surface area contributed by atoms with Crippen molar-refractivity contribution in [1.82, 2.24) is 14.4 Å². The SMILES string of the molecule is CC(C)(C)c1nc2ccccc2c2nc3c(F)c4c(cc3n12)C1CCC4(C(C)(C)C)O1. The number of nitrogens with zero attached hydrogens (tertiary/aromatic N) is 3. The third-order valence-electron chi connectivity index (χ3n) is 7.24. The molecule has 0 spiro atoms. The van der Waals surface area contributed by atoms with Crippen molar-refractivity contribution in [3.8, 4) is 0 Å². The molecule has 0 amide bonds. The Balaban J connectivity index is 1.80. The van der Waals surface area contributed by atoms with E-state index in [9.17, 15) is 0 Å². The summed E-state index contributed by atoms with van der Waals surface area (Å²) in [5.74, 6) is 0.662. The lowest BCUT2D eigenvalue weighted by molar-refractivity contribution is -0.0966. The molecule has 31 heavy (non-hydrogen) atoms. The van der Waals surface area contributed by atoms with Crippen molar-refractivity contribution in [1.29, 1.82) is 0 Å². The number of fused-ring (bicyclic) bond motifs is 10. The molecule has 2 aromatic heterocycles. The van der Waals surface area contributed by atoms with Gasteiger partial charge in [0.1, 0.15) is 22.6 Å². The maximum Gasteiger partial charge on any atom is 0.157 e. The summed E-state index contributed by atoms with van der Waals surface area (Å²) >= 11 is 0.